The fourth-order valence-corrected chi connectivity index (χ4v) is 3.42. The van der Waals surface area contributed by atoms with Gasteiger partial charge in [0.1, 0.15) is 5.75 Å². The van der Waals surface area contributed by atoms with E-state index in [4.69, 9.17) is 4.74 Å². The third-order valence-corrected chi connectivity index (χ3v) is 4.94. The summed E-state index contributed by atoms with van der Waals surface area (Å²) >= 11 is 0. The van der Waals surface area contributed by atoms with Gasteiger partial charge in [0.05, 0.1) is 24.2 Å². The Morgan fingerprint density at radius 3 is 2.85 bits per heavy atom. The molecule has 3 rings (SSSR count). The van der Waals surface area contributed by atoms with Crippen LogP contribution in [0.1, 0.15) is 49.8 Å². The van der Waals surface area contributed by atoms with E-state index >= 15 is 0 Å². The van der Waals surface area contributed by atoms with E-state index in [0.29, 0.717) is 5.92 Å². The fourth-order valence-electron chi connectivity index (χ4n) is 3.42. The average Bonchev–Trinajstić information content (AvgIpc) is 2.95. The molecule has 1 aromatic rings. The molecule has 1 aliphatic carbocycles. The molecule has 0 aromatic heterocycles. The normalized spacial score (nSPS) is 30.1. The molecule has 3 nitrogen and oxygen atoms in total. The molecular weight excluding hydrogens is 250 g/mol. The van der Waals surface area contributed by atoms with Crippen molar-refractivity contribution in [3.05, 3.63) is 29.3 Å². The van der Waals surface area contributed by atoms with Crippen molar-refractivity contribution in [2.75, 3.05) is 6.61 Å². The van der Waals surface area contributed by atoms with Crippen molar-refractivity contribution < 1.29 is 9.84 Å². The van der Waals surface area contributed by atoms with Crippen LogP contribution >= 0.6 is 0 Å². The number of benzene rings is 1. The lowest BCUT2D eigenvalue weighted by atomic mass is 9.67. The van der Waals surface area contributed by atoms with E-state index in [1.165, 1.54) is 0 Å². The Bertz CT molecular complexity index is 538. The van der Waals surface area contributed by atoms with E-state index in [1.807, 2.05) is 18.2 Å². The number of aliphatic hydroxyl groups is 1. The lowest BCUT2D eigenvalue weighted by molar-refractivity contribution is 0.0266. The molecule has 1 aliphatic heterocycles. The zero-order chi connectivity index (χ0) is 14.2. The minimum atomic E-state index is -0.689. The monoisotopic (exact) mass is 271 g/mol. The van der Waals surface area contributed by atoms with Crippen molar-refractivity contribution in [2.45, 2.75) is 45.1 Å². The lowest BCUT2D eigenvalue weighted by Crippen LogP contribution is -2.32. The van der Waals surface area contributed by atoms with Gasteiger partial charge in [0.15, 0.2) is 0 Å². The first-order valence-electron chi connectivity index (χ1n) is 7.49. The maximum Gasteiger partial charge on any atom is 0.122 e. The SMILES string of the molecule is CC1CCC(C#N)(C(O)c2ccc3c(c2)CCO3)CC1. The minimum Gasteiger partial charge on any atom is -0.493 e. The van der Waals surface area contributed by atoms with Crippen molar-refractivity contribution in [3.63, 3.8) is 0 Å². The number of fused-ring (bicyclic) bond motifs is 1. The molecule has 2 aliphatic rings. The van der Waals surface area contributed by atoms with Gasteiger partial charge in [-0.15, -0.1) is 0 Å². The number of aliphatic hydroxyl groups excluding tert-OH is 1. The van der Waals surface area contributed by atoms with Crippen molar-refractivity contribution in [2.24, 2.45) is 11.3 Å². The van der Waals surface area contributed by atoms with Crippen molar-refractivity contribution in [1.29, 1.82) is 5.26 Å². The van der Waals surface area contributed by atoms with Gasteiger partial charge in [-0.2, -0.15) is 5.26 Å². The molecule has 1 atom stereocenters. The summed E-state index contributed by atoms with van der Waals surface area (Å²) in [5, 5.41) is 20.4. The number of hydrogen-bond donors (Lipinski definition) is 1. The van der Waals surface area contributed by atoms with Crippen molar-refractivity contribution in [3.8, 4) is 11.8 Å². The van der Waals surface area contributed by atoms with Gasteiger partial charge in [-0.1, -0.05) is 13.0 Å². The van der Waals surface area contributed by atoms with Crippen LogP contribution in [-0.2, 0) is 6.42 Å². The van der Waals surface area contributed by atoms with Crippen LogP contribution in [0.4, 0.5) is 0 Å². The molecule has 1 saturated carbocycles. The van der Waals surface area contributed by atoms with Crippen LogP contribution in [0.15, 0.2) is 18.2 Å². The maximum absolute atomic E-state index is 10.7. The summed E-state index contributed by atoms with van der Waals surface area (Å²) in [4.78, 5) is 0. The summed E-state index contributed by atoms with van der Waals surface area (Å²) < 4.78 is 5.50. The van der Waals surface area contributed by atoms with Crippen LogP contribution in [0.2, 0.25) is 0 Å². The van der Waals surface area contributed by atoms with E-state index in [0.717, 1.165) is 55.6 Å². The Kier molecular flexibility index (Phi) is 3.43. The molecule has 3 heteroatoms. The van der Waals surface area contributed by atoms with Crippen molar-refractivity contribution >= 4 is 0 Å². The number of rotatable bonds is 2. The smallest absolute Gasteiger partial charge is 0.122 e. The van der Waals surface area contributed by atoms with Gasteiger partial charge < -0.3 is 9.84 Å². The zero-order valence-electron chi connectivity index (χ0n) is 11.9. The average molecular weight is 271 g/mol. The third-order valence-electron chi connectivity index (χ3n) is 4.94. The van der Waals surface area contributed by atoms with Gasteiger partial charge in [0, 0.05) is 6.42 Å². The summed E-state index contributed by atoms with van der Waals surface area (Å²) in [6.45, 7) is 2.94. The molecular formula is C17H21NO2. The molecule has 1 aromatic carbocycles. The second-order valence-corrected chi connectivity index (χ2v) is 6.32. The molecule has 1 unspecified atom stereocenters. The van der Waals surface area contributed by atoms with Crippen LogP contribution in [0.25, 0.3) is 0 Å². The third kappa shape index (κ3) is 2.19. The molecule has 0 radical (unpaired) electrons. The van der Waals surface area contributed by atoms with Crippen LogP contribution in [-0.4, -0.2) is 11.7 Å². The Morgan fingerprint density at radius 2 is 2.15 bits per heavy atom. The van der Waals surface area contributed by atoms with E-state index in [9.17, 15) is 10.4 Å². The second-order valence-electron chi connectivity index (χ2n) is 6.32. The highest BCUT2D eigenvalue weighted by Gasteiger charge is 2.41. The van der Waals surface area contributed by atoms with Gasteiger partial charge in [-0.25, -0.2) is 0 Å². The molecule has 0 amide bonds. The first-order chi connectivity index (χ1) is 9.64. The van der Waals surface area contributed by atoms with E-state index in [1.54, 1.807) is 0 Å². The molecule has 106 valence electrons. The quantitative estimate of drug-likeness (QED) is 0.897. The van der Waals surface area contributed by atoms with E-state index in [-0.39, 0.29) is 0 Å². The molecule has 20 heavy (non-hydrogen) atoms. The number of ether oxygens (including phenoxy) is 1. The largest absolute Gasteiger partial charge is 0.493 e. The molecule has 0 spiro atoms. The summed E-state index contributed by atoms with van der Waals surface area (Å²) in [7, 11) is 0. The summed E-state index contributed by atoms with van der Waals surface area (Å²) in [6, 6.07) is 8.28. The first-order valence-corrected chi connectivity index (χ1v) is 7.49. The Hall–Kier alpha value is -1.53. The van der Waals surface area contributed by atoms with Crippen LogP contribution in [0, 0.1) is 22.7 Å². The Balaban J connectivity index is 1.87. The number of nitriles is 1. The first kappa shape index (κ1) is 13.5. The summed E-state index contributed by atoms with van der Waals surface area (Å²) in [6.07, 6.45) is 3.84. The molecule has 0 saturated heterocycles. The standard InChI is InChI=1S/C17H21NO2/c1-12-4-7-17(11-18,8-5-12)16(19)14-2-3-15-13(10-14)6-9-20-15/h2-3,10,12,16,19H,4-9H2,1H3. The van der Waals surface area contributed by atoms with E-state index in [2.05, 4.69) is 13.0 Å². The van der Waals surface area contributed by atoms with Gasteiger partial charge in [-0.3, -0.25) is 0 Å². The summed E-state index contributed by atoms with van der Waals surface area (Å²) in [5.74, 6) is 1.58. The Labute approximate surface area is 120 Å². The predicted octanol–water partition coefficient (Wildman–Crippen LogP) is 3.37. The molecule has 1 N–H and O–H groups in total. The Morgan fingerprint density at radius 1 is 1.40 bits per heavy atom. The topological polar surface area (TPSA) is 53.2 Å². The van der Waals surface area contributed by atoms with Gasteiger partial charge in [0.2, 0.25) is 0 Å². The molecule has 1 fully saturated rings. The number of hydrogen-bond acceptors (Lipinski definition) is 3. The minimum absolute atomic E-state index is 0.611. The van der Waals surface area contributed by atoms with Crippen molar-refractivity contribution in [1.82, 2.24) is 0 Å². The highest BCUT2D eigenvalue weighted by molar-refractivity contribution is 5.41. The van der Waals surface area contributed by atoms with Crippen LogP contribution in [0.3, 0.4) is 0 Å². The molecule has 0 bridgehead atoms. The van der Waals surface area contributed by atoms with Crippen LogP contribution in [0.5, 0.6) is 5.75 Å². The highest BCUT2D eigenvalue weighted by atomic mass is 16.5. The predicted molar refractivity (Wildman–Crippen MR) is 76.3 cm³/mol. The lowest BCUT2D eigenvalue weighted by Gasteiger charge is -2.37. The fraction of sp³-hybridized carbons (Fsp3) is 0.588. The number of nitrogens with zero attached hydrogens (tertiary/aromatic N) is 1. The second kappa shape index (κ2) is 5.10. The maximum atomic E-state index is 10.7. The van der Waals surface area contributed by atoms with E-state index < -0.39 is 11.5 Å². The highest BCUT2D eigenvalue weighted by Crippen LogP contribution is 2.47. The van der Waals surface area contributed by atoms with Gasteiger partial charge in [-0.05, 0) is 54.9 Å². The summed E-state index contributed by atoms with van der Waals surface area (Å²) in [5.41, 5.74) is 1.41. The zero-order valence-corrected chi connectivity index (χ0v) is 11.9. The van der Waals surface area contributed by atoms with Crippen LogP contribution < -0.4 is 4.74 Å². The molecule has 1 heterocycles. The van der Waals surface area contributed by atoms with Gasteiger partial charge in [0.25, 0.3) is 0 Å². The van der Waals surface area contributed by atoms with Gasteiger partial charge >= 0.3 is 0 Å².